The Morgan fingerprint density at radius 2 is 2.26 bits per heavy atom. The summed E-state index contributed by atoms with van der Waals surface area (Å²) in [5, 5.41) is 8.72. The molecule has 0 spiro atoms. The Kier molecular flexibility index (Phi) is 3.79. The third-order valence-corrected chi connectivity index (χ3v) is 2.79. The topological polar surface area (TPSA) is 96.2 Å². The summed E-state index contributed by atoms with van der Waals surface area (Å²) in [6.07, 6.45) is 2.45. The molecule has 0 fully saturated rings. The maximum Gasteiger partial charge on any atom is 0.308 e. The van der Waals surface area contributed by atoms with Crippen LogP contribution in [0.3, 0.4) is 0 Å². The van der Waals surface area contributed by atoms with Crippen LogP contribution in [0.1, 0.15) is 22.8 Å². The van der Waals surface area contributed by atoms with E-state index in [9.17, 15) is 9.59 Å². The van der Waals surface area contributed by atoms with Gasteiger partial charge in [-0.2, -0.15) is 0 Å². The van der Waals surface area contributed by atoms with Crippen molar-refractivity contribution in [2.24, 2.45) is 0 Å². The Morgan fingerprint density at radius 1 is 1.47 bits per heavy atom. The van der Waals surface area contributed by atoms with E-state index in [-0.39, 0.29) is 17.5 Å². The number of hydrogen-bond acceptors (Lipinski definition) is 4. The molecule has 0 unspecified atom stereocenters. The molecule has 0 aliphatic carbocycles. The summed E-state index contributed by atoms with van der Waals surface area (Å²) in [7, 11) is 0. The van der Waals surface area contributed by atoms with Gasteiger partial charge >= 0.3 is 5.97 Å². The second kappa shape index (κ2) is 5.51. The van der Waals surface area contributed by atoms with Crippen molar-refractivity contribution < 1.29 is 14.3 Å². The third-order valence-electron chi connectivity index (χ3n) is 2.79. The van der Waals surface area contributed by atoms with Crippen molar-refractivity contribution in [1.29, 1.82) is 0 Å². The number of rotatable bonds is 5. The van der Waals surface area contributed by atoms with Crippen LogP contribution >= 0.6 is 0 Å². The number of aromatic nitrogens is 2. The molecule has 6 nitrogen and oxygen atoms in total. The lowest BCUT2D eigenvalue weighted by molar-refractivity contribution is -0.136. The van der Waals surface area contributed by atoms with Crippen LogP contribution in [-0.4, -0.2) is 21.0 Å². The lowest BCUT2D eigenvalue weighted by Gasteiger charge is -2.05. The summed E-state index contributed by atoms with van der Waals surface area (Å²) >= 11 is 0. The molecule has 0 atom stereocenters. The van der Waals surface area contributed by atoms with Gasteiger partial charge in [-0.1, -0.05) is 0 Å². The Labute approximate surface area is 109 Å². The molecule has 0 aromatic carbocycles. The molecule has 0 saturated heterocycles. The van der Waals surface area contributed by atoms with Gasteiger partial charge in [0.1, 0.15) is 11.6 Å². The van der Waals surface area contributed by atoms with E-state index < -0.39 is 5.97 Å². The fourth-order valence-corrected chi connectivity index (χ4v) is 1.84. The first-order chi connectivity index (χ1) is 9.06. The number of nitrogens with zero attached hydrogens (tertiary/aromatic N) is 1. The van der Waals surface area contributed by atoms with Crippen molar-refractivity contribution in [3.8, 4) is 0 Å². The van der Waals surface area contributed by atoms with Gasteiger partial charge in [0, 0.05) is 24.1 Å². The van der Waals surface area contributed by atoms with Crippen molar-refractivity contribution >= 4 is 5.97 Å². The Bertz CT molecular complexity index is 629. The third kappa shape index (κ3) is 3.31. The van der Waals surface area contributed by atoms with Crippen molar-refractivity contribution in [3.63, 3.8) is 0 Å². The lowest BCUT2D eigenvalue weighted by Crippen LogP contribution is -2.21. The minimum absolute atomic E-state index is 0.203. The van der Waals surface area contributed by atoms with Crippen LogP contribution in [0.25, 0.3) is 0 Å². The molecule has 2 N–H and O–H groups in total. The van der Waals surface area contributed by atoms with Crippen LogP contribution in [-0.2, 0) is 24.1 Å². The summed E-state index contributed by atoms with van der Waals surface area (Å²) in [6, 6.07) is 3.65. The summed E-state index contributed by atoms with van der Waals surface area (Å²) < 4.78 is 5.19. The summed E-state index contributed by atoms with van der Waals surface area (Å²) in [5.74, 6) is 0.307. The number of aryl methyl sites for hydroxylation is 3. The highest BCUT2D eigenvalue weighted by atomic mass is 16.4. The summed E-state index contributed by atoms with van der Waals surface area (Å²) in [4.78, 5) is 29.3. The largest absolute Gasteiger partial charge is 0.481 e. The normalized spacial score (nSPS) is 10.6. The number of carboxylic acids is 1. The van der Waals surface area contributed by atoms with E-state index in [1.807, 2.05) is 6.07 Å². The summed E-state index contributed by atoms with van der Waals surface area (Å²) in [6.45, 7) is 1.64. The molecule has 2 heterocycles. The van der Waals surface area contributed by atoms with Gasteiger partial charge in [-0.15, -0.1) is 0 Å². The molecule has 0 amide bonds. The molecule has 0 aliphatic heterocycles. The fourth-order valence-electron chi connectivity index (χ4n) is 1.84. The molecule has 0 bridgehead atoms. The van der Waals surface area contributed by atoms with Gasteiger partial charge in [0.25, 0.3) is 5.56 Å². The number of carboxylic acid groups (broad SMARTS) is 1. The maximum absolute atomic E-state index is 11.8. The minimum Gasteiger partial charge on any atom is -0.481 e. The average Bonchev–Trinajstić information content (AvgIpc) is 2.84. The van der Waals surface area contributed by atoms with Gasteiger partial charge < -0.3 is 14.5 Å². The van der Waals surface area contributed by atoms with Gasteiger partial charge in [-0.05, 0) is 19.1 Å². The highest BCUT2D eigenvalue weighted by Gasteiger charge is 2.11. The molecule has 100 valence electrons. The number of hydrogen-bond donors (Lipinski definition) is 2. The number of furan rings is 1. The number of H-pyrrole nitrogens is 1. The molecular formula is C13H14N2O4. The number of carbonyl (C=O) groups is 1. The van der Waals surface area contributed by atoms with E-state index in [1.165, 1.54) is 0 Å². The van der Waals surface area contributed by atoms with E-state index in [0.717, 1.165) is 5.76 Å². The quantitative estimate of drug-likeness (QED) is 0.840. The van der Waals surface area contributed by atoms with Crippen LogP contribution in [0, 0.1) is 6.92 Å². The van der Waals surface area contributed by atoms with Crippen LogP contribution in [0.5, 0.6) is 0 Å². The van der Waals surface area contributed by atoms with Crippen molar-refractivity contribution in [3.05, 3.63) is 51.6 Å². The molecule has 2 aromatic heterocycles. The molecular weight excluding hydrogens is 248 g/mol. The second-order valence-electron chi connectivity index (χ2n) is 4.23. The van der Waals surface area contributed by atoms with Gasteiger partial charge in [-0.3, -0.25) is 9.59 Å². The SMILES string of the molecule is Cc1nc(CCc2ccco2)[nH]c(=O)c1CC(=O)O. The van der Waals surface area contributed by atoms with Gasteiger partial charge in [0.2, 0.25) is 0 Å². The molecule has 2 aromatic rings. The fraction of sp³-hybridized carbons (Fsp3) is 0.308. The van der Waals surface area contributed by atoms with E-state index >= 15 is 0 Å². The van der Waals surface area contributed by atoms with Crippen LogP contribution < -0.4 is 5.56 Å². The van der Waals surface area contributed by atoms with E-state index in [2.05, 4.69) is 9.97 Å². The summed E-state index contributed by atoms with van der Waals surface area (Å²) in [5.41, 5.74) is 0.277. The van der Waals surface area contributed by atoms with Crippen LogP contribution in [0.15, 0.2) is 27.6 Å². The predicted octanol–water partition coefficient (Wildman–Crippen LogP) is 1.08. The predicted molar refractivity (Wildman–Crippen MR) is 67.1 cm³/mol. The molecule has 0 saturated carbocycles. The molecule has 19 heavy (non-hydrogen) atoms. The van der Waals surface area contributed by atoms with Crippen molar-refractivity contribution in [1.82, 2.24) is 9.97 Å². The van der Waals surface area contributed by atoms with Gasteiger partial charge in [0.05, 0.1) is 12.7 Å². The zero-order valence-electron chi connectivity index (χ0n) is 10.5. The van der Waals surface area contributed by atoms with Gasteiger partial charge in [0.15, 0.2) is 0 Å². The molecule has 0 aliphatic rings. The van der Waals surface area contributed by atoms with Crippen LogP contribution in [0.2, 0.25) is 0 Å². The maximum atomic E-state index is 11.8. The van der Waals surface area contributed by atoms with Gasteiger partial charge in [-0.25, -0.2) is 4.98 Å². The molecule has 2 rings (SSSR count). The first-order valence-corrected chi connectivity index (χ1v) is 5.89. The zero-order chi connectivity index (χ0) is 13.8. The molecule has 0 radical (unpaired) electrons. The van der Waals surface area contributed by atoms with Crippen LogP contribution in [0.4, 0.5) is 0 Å². The van der Waals surface area contributed by atoms with Crippen molar-refractivity contribution in [2.75, 3.05) is 0 Å². The standard InChI is InChI=1S/C13H14N2O4/c1-8-10(7-12(16)17)13(18)15-11(14-8)5-4-9-3-2-6-19-9/h2-3,6H,4-5,7H2,1H3,(H,16,17)(H,14,15,18). The van der Waals surface area contributed by atoms with Crippen molar-refractivity contribution in [2.45, 2.75) is 26.2 Å². The zero-order valence-corrected chi connectivity index (χ0v) is 10.5. The number of nitrogens with one attached hydrogen (secondary N) is 1. The highest BCUT2D eigenvalue weighted by molar-refractivity contribution is 5.70. The first kappa shape index (κ1) is 13.1. The van der Waals surface area contributed by atoms with E-state index in [0.29, 0.717) is 24.4 Å². The Morgan fingerprint density at radius 3 is 2.84 bits per heavy atom. The second-order valence-corrected chi connectivity index (χ2v) is 4.23. The molecule has 6 heteroatoms. The lowest BCUT2D eigenvalue weighted by atomic mass is 10.1. The Balaban J connectivity index is 2.15. The average molecular weight is 262 g/mol. The van der Waals surface area contributed by atoms with E-state index in [1.54, 1.807) is 19.3 Å². The number of aliphatic carboxylic acids is 1. The number of aromatic amines is 1. The highest BCUT2D eigenvalue weighted by Crippen LogP contribution is 2.06. The first-order valence-electron chi connectivity index (χ1n) is 5.89. The monoisotopic (exact) mass is 262 g/mol. The Hall–Kier alpha value is -2.37. The smallest absolute Gasteiger partial charge is 0.308 e. The minimum atomic E-state index is -1.04. The van der Waals surface area contributed by atoms with E-state index in [4.69, 9.17) is 9.52 Å².